The minimum absolute atomic E-state index is 0.0637. The number of rotatable bonds is 5. The molecular weight excluding hydrogens is 239 g/mol. The van der Waals surface area contributed by atoms with Crippen LogP contribution in [0.25, 0.3) is 0 Å². The van der Waals surface area contributed by atoms with Crippen LogP contribution in [-0.2, 0) is 4.74 Å². The van der Waals surface area contributed by atoms with Crippen LogP contribution >= 0.6 is 0 Å². The first-order chi connectivity index (χ1) is 8.39. The fourth-order valence-corrected chi connectivity index (χ4v) is 2.04. The summed E-state index contributed by atoms with van der Waals surface area (Å²) in [5.41, 5.74) is -0.914. The first-order valence-corrected chi connectivity index (χ1v) is 7.63. The van der Waals surface area contributed by atoms with E-state index < -0.39 is 5.67 Å². The van der Waals surface area contributed by atoms with Crippen LogP contribution in [0.5, 0.6) is 0 Å². The van der Waals surface area contributed by atoms with Crippen molar-refractivity contribution in [2.24, 2.45) is 11.8 Å². The van der Waals surface area contributed by atoms with Gasteiger partial charge in [-0.1, -0.05) is 41.5 Å². The van der Waals surface area contributed by atoms with Crippen LogP contribution in [-0.4, -0.2) is 18.4 Å². The van der Waals surface area contributed by atoms with Crippen molar-refractivity contribution in [1.29, 1.82) is 0 Å². The Morgan fingerprint density at radius 2 is 1.16 bits per heavy atom. The number of alkyl halides is 1. The van der Waals surface area contributed by atoms with Crippen LogP contribution in [0.15, 0.2) is 0 Å². The summed E-state index contributed by atoms with van der Waals surface area (Å²) < 4.78 is 17.9. The van der Waals surface area contributed by atoms with Crippen molar-refractivity contribution in [1.82, 2.24) is 0 Å². The first kappa shape index (κ1) is 23.9. The Bertz CT molecular complexity index is 178. The van der Waals surface area contributed by atoms with Gasteiger partial charge in [0.1, 0.15) is 5.67 Å². The molecule has 0 N–H and O–H groups in total. The lowest BCUT2D eigenvalue weighted by Crippen LogP contribution is -2.24. The molecule has 19 heavy (non-hydrogen) atoms. The zero-order chi connectivity index (χ0) is 16.3. The molecular formula is C17H39FO. The predicted molar refractivity (Wildman–Crippen MR) is 86.5 cm³/mol. The molecule has 120 valence electrons. The van der Waals surface area contributed by atoms with E-state index in [1.54, 1.807) is 21.0 Å². The molecule has 0 aliphatic carbocycles. The Kier molecular flexibility index (Phi) is 14.7. The van der Waals surface area contributed by atoms with Gasteiger partial charge in [0.2, 0.25) is 0 Å². The molecule has 0 atom stereocenters. The van der Waals surface area contributed by atoms with Gasteiger partial charge in [0.05, 0.1) is 5.60 Å². The lowest BCUT2D eigenvalue weighted by molar-refractivity contribution is 0.00569. The molecule has 1 nitrogen and oxygen atoms in total. The minimum atomic E-state index is -0.978. The molecule has 0 rings (SSSR count). The SMILES string of the molecule is CC.CC(C)CC(C)(C)F.COC(C)(C)CC(C)C. The summed E-state index contributed by atoms with van der Waals surface area (Å²) in [6, 6.07) is 0. The smallest absolute Gasteiger partial charge is 0.105 e. The maximum Gasteiger partial charge on any atom is 0.105 e. The Hall–Kier alpha value is -0.110. The lowest BCUT2D eigenvalue weighted by Gasteiger charge is -2.24. The molecule has 0 amide bonds. The van der Waals surface area contributed by atoms with Crippen LogP contribution in [0.2, 0.25) is 0 Å². The zero-order valence-corrected chi connectivity index (χ0v) is 15.4. The molecule has 2 heteroatoms. The van der Waals surface area contributed by atoms with E-state index in [4.69, 9.17) is 4.74 Å². The molecule has 0 bridgehead atoms. The molecule has 0 aliphatic heterocycles. The second kappa shape index (κ2) is 11.7. The Balaban J connectivity index is -0.000000239. The van der Waals surface area contributed by atoms with E-state index >= 15 is 0 Å². The fourth-order valence-electron chi connectivity index (χ4n) is 2.04. The fraction of sp³-hybridized carbons (Fsp3) is 1.00. The minimum Gasteiger partial charge on any atom is -0.379 e. The summed E-state index contributed by atoms with van der Waals surface area (Å²) in [5.74, 6) is 1.19. The van der Waals surface area contributed by atoms with Gasteiger partial charge in [-0.05, 0) is 52.4 Å². The summed E-state index contributed by atoms with van der Waals surface area (Å²) >= 11 is 0. The highest BCUT2D eigenvalue weighted by Gasteiger charge is 2.17. The van der Waals surface area contributed by atoms with Crippen molar-refractivity contribution >= 4 is 0 Å². The van der Waals surface area contributed by atoms with Crippen LogP contribution in [0.1, 0.15) is 82.1 Å². The second-order valence-electron chi connectivity index (χ2n) is 6.88. The van der Waals surface area contributed by atoms with Gasteiger partial charge < -0.3 is 4.74 Å². The van der Waals surface area contributed by atoms with Gasteiger partial charge in [0.25, 0.3) is 0 Å². The number of methoxy groups -OCH3 is 1. The average molecular weight is 278 g/mol. The van der Waals surface area contributed by atoms with E-state index in [1.807, 2.05) is 27.7 Å². The number of hydrogen-bond acceptors (Lipinski definition) is 1. The average Bonchev–Trinajstić information content (AvgIpc) is 2.16. The summed E-state index contributed by atoms with van der Waals surface area (Å²) in [6.07, 6.45) is 1.79. The molecule has 0 aliphatic rings. The normalized spacial score (nSPS) is 11.7. The molecule has 0 unspecified atom stereocenters. The van der Waals surface area contributed by atoms with Crippen molar-refractivity contribution in [3.05, 3.63) is 0 Å². The third kappa shape index (κ3) is 27.2. The van der Waals surface area contributed by atoms with Gasteiger partial charge in [0, 0.05) is 7.11 Å². The molecule has 0 saturated heterocycles. The molecule has 0 fully saturated rings. The Labute approximate surface area is 122 Å². The van der Waals surface area contributed by atoms with E-state index in [-0.39, 0.29) is 5.60 Å². The van der Waals surface area contributed by atoms with Crippen LogP contribution < -0.4 is 0 Å². The third-order valence-electron chi connectivity index (χ3n) is 2.35. The molecule has 0 heterocycles. The van der Waals surface area contributed by atoms with E-state index in [0.29, 0.717) is 12.3 Å². The predicted octanol–water partition coefficient (Wildman–Crippen LogP) is 6.26. The summed E-state index contributed by atoms with van der Waals surface area (Å²) in [7, 11) is 1.77. The quantitative estimate of drug-likeness (QED) is 0.576. The standard InChI is InChI=1S/C8H18O.C7H15F.C2H6/c1-7(2)6-8(3,4)9-5;1-6(2)5-7(3,4)8;1-2/h7H,6H2,1-5H3;6H,5H2,1-4H3;1-2H3. The molecule has 0 aromatic heterocycles. The van der Waals surface area contributed by atoms with Crippen molar-refractivity contribution in [3.8, 4) is 0 Å². The molecule has 0 radical (unpaired) electrons. The van der Waals surface area contributed by atoms with Crippen molar-refractivity contribution in [3.63, 3.8) is 0 Å². The lowest BCUT2D eigenvalue weighted by atomic mass is 9.96. The highest BCUT2D eigenvalue weighted by molar-refractivity contribution is 4.68. The molecule has 0 saturated carbocycles. The van der Waals surface area contributed by atoms with E-state index in [2.05, 4.69) is 27.7 Å². The Morgan fingerprint density at radius 3 is 1.21 bits per heavy atom. The molecule has 0 aromatic rings. The number of halogens is 1. The van der Waals surface area contributed by atoms with Gasteiger partial charge >= 0.3 is 0 Å². The zero-order valence-electron chi connectivity index (χ0n) is 15.4. The topological polar surface area (TPSA) is 9.23 Å². The van der Waals surface area contributed by atoms with Crippen LogP contribution in [0.4, 0.5) is 4.39 Å². The Morgan fingerprint density at radius 1 is 0.842 bits per heavy atom. The van der Waals surface area contributed by atoms with E-state index in [0.717, 1.165) is 12.3 Å². The van der Waals surface area contributed by atoms with Gasteiger partial charge in [-0.15, -0.1) is 0 Å². The van der Waals surface area contributed by atoms with Gasteiger partial charge in [-0.2, -0.15) is 0 Å². The van der Waals surface area contributed by atoms with Crippen molar-refractivity contribution in [2.45, 2.75) is 93.3 Å². The summed E-state index contributed by atoms with van der Waals surface area (Å²) in [5, 5.41) is 0. The van der Waals surface area contributed by atoms with Gasteiger partial charge in [0.15, 0.2) is 0 Å². The van der Waals surface area contributed by atoms with E-state index in [1.165, 1.54) is 0 Å². The number of ether oxygens (including phenoxy) is 1. The van der Waals surface area contributed by atoms with Crippen molar-refractivity contribution in [2.75, 3.05) is 7.11 Å². The largest absolute Gasteiger partial charge is 0.379 e. The monoisotopic (exact) mass is 278 g/mol. The third-order valence-corrected chi connectivity index (χ3v) is 2.35. The van der Waals surface area contributed by atoms with Crippen LogP contribution in [0, 0.1) is 11.8 Å². The molecule has 0 aromatic carbocycles. The van der Waals surface area contributed by atoms with Crippen LogP contribution in [0.3, 0.4) is 0 Å². The maximum atomic E-state index is 12.6. The highest BCUT2D eigenvalue weighted by Crippen LogP contribution is 2.19. The summed E-state index contributed by atoms with van der Waals surface area (Å²) in [6.45, 7) is 19.9. The summed E-state index contributed by atoms with van der Waals surface area (Å²) in [4.78, 5) is 0. The highest BCUT2D eigenvalue weighted by atomic mass is 19.1. The molecule has 0 spiro atoms. The van der Waals surface area contributed by atoms with E-state index in [9.17, 15) is 4.39 Å². The van der Waals surface area contributed by atoms with Crippen molar-refractivity contribution < 1.29 is 9.13 Å². The van der Waals surface area contributed by atoms with Gasteiger partial charge in [-0.3, -0.25) is 0 Å². The maximum absolute atomic E-state index is 12.6. The number of hydrogen-bond donors (Lipinski definition) is 0. The first-order valence-electron chi connectivity index (χ1n) is 7.63. The second-order valence-corrected chi connectivity index (χ2v) is 6.88. The van der Waals surface area contributed by atoms with Gasteiger partial charge in [-0.25, -0.2) is 4.39 Å².